The molecule has 1 aliphatic rings. The maximum absolute atomic E-state index is 10.7. The summed E-state index contributed by atoms with van der Waals surface area (Å²) in [5.41, 5.74) is -0.484. The molecule has 0 aromatic carbocycles. The monoisotopic (exact) mass is 248 g/mol. The van der Waals surface area contributed by atoms with E-state index in [1.807, 2.05) is 4.90 Å². The van der Waals surface area contributed by atoms with E-state index in [-0.39, 0.29) is 24.0 Å². The number of aliphatic hydroxyl groups excluding tert-OH is 1. The molecule has 2 heterocycles. The third-order valence-electron chi connectivity index (χ3n) is 3.04. The van der Waals surface area contributed by atoms with Gasteiger partial charge in [-0.3, -0.25) is 10.1 Å². The fourth-order valence-corrected chi connectivity index (χ4v) is 2.16. The molecule has 1 atom stereocenters. The molecule has 94 valence electrons. The maximum atomic E-state index is 10.7. The Kier molecular flexibility index (Phi) is 3.39. The Hall–Kier alpha value is -2.20. The summed E-state index contributed by atoms with van der Waals surface area (Å²) in [4.78, 5) is 16.0. The van der Waals surface area contributed by atoms with Crippen molar-refractivity contribution in [1.82, 2.24) is 4.98 Å². The average Bonchev–Trinajstić information content (AvgIpc) is 2.86. The van der Waals surface area contributed by atoms with Gasteiger partial charge in [0.15, 0.2) is 0 Å². The number of pyridine rings is 1. The molecular weight excluding hydrogens is 236 g/mol. The van der Waals surface area contributed by atoms with Crippen LogP contribution in [0.15, 0.2) is 12.1 Å². The van der Waals surface area contributed by atoms with Gasteiger partial charge in [0.1, 0.15) is 11.9 Å². The first-order valence-corrected chi connectivity index (χ1v) is 5.60. The highest BCUT2D eigenvalue weighted by molar-refractivity contribution is 5.52. The second kappa shape index (κ2) is 4.98. The second-order valence-corrected chi connectivity index (χ2v) is 4.08. The van der Waals surface area contributed by atoms with Crippen molar-refractivity contribution in [2.75, 3.05) is 18.1 Å². The van der Waals surface area contributed by atoms with E-state index >= 15 is 0 Å². The molecule has 1 aromatic heterocycles. The zero-order valence-corrected chi connectivity index (χ0v) is 9.61. The van der Waals surface area contributed by atoms with Gasteiger partial charge in [-0.1, -0.05) is 0 Å². The highest BCUT2D eigenvalue weighted by atomic mass is 16.6. The number of anilines is 1. The van der Waals surface area contributed by atoms with Gasteiger partial charge in [0.25, 0.3) is 0 Å². The molecule has 1 fully saturated rings. The van der Waals surface area contributed by atoms with E-state index in [9.17, 15) is 15.2 Å². The van der Waals surface area contributed by atoms with Crippen molar-refractivity contribution < 1.29 is 10.0 Å². The molecule has 0 spiro atoms. The van der Waals surface area contributed by atoms with Crippen molar-refractivity contribution >= 4 is 11.5 Å². The first-order valence-electron chi connectivity index (χ1n) is 5.60. The third kappa shape index (κ3) is 2.10. The molecule has 0 radical (unpaired) electrons. The lowest BCUT2D eigenvalue weighted by molar-refractivity contribution is -0.385. The Labute approximate surface area is 103 Å². The van der Waals surface area contributed by atoms with Crippen LogP contribution < -0.4 is 4.90 Å². The van der Waals surface area contributed by atoms with Crippen molar-refractivity contribution in [1.29, 1.82) is 5.26 Å². The van der Waals surface area contributed by atoms with Gasteiger partial charge in [-0.2, -0.15) is 5.26 Å². The Bertz CT molecular complexity index is 512. The fraction of sp³-hybridized carbons (Fsp3) is 0.455. The van der Waals surface area contributed by atoms with E-state index in [0.29, 0.717) is 5.82 Å². The molecule has 0 saturated carbocycles. The number of nitriles is 1. The Morgan fingerprint density at radius 3 is 3.06 bits per heavy atom. The molecule has 0 amide bonds. The highest BCUT2D eigenvalue weighted by Gasteiger charge is 2.26. The molecule has 7 heteroatoms. The van der Waals surface area contributed by atoms with Crippen molar-refractivity contribution in [2.24, 2.45) is 0 Å². The van der Waals surface area contributed by atoms with Gasteiger partial charge in [-0.15, -0.1) is 0 Å². The topological polar surface area (TPSA) is 103 Å². The van der Waals surface area contributed by atoms with E-state index in [1.165, 1.54) is 12.1 Å². The molecule has 1 aromatic rings. The van der Waals surface area contributed by atoms with Crippen LogP contribution in [-0.2, 0) is 0 Å². The van der Waals surface area contributed by atoms with Crippen molar-refractivity contribution in [2.45, 2.75) is 18.9 Å². The van der Waals surface area contributed by atoms with Crippen LogP contribution in [0.5, 0.6) is 0 Å². The molecule has 1 saturated heterocycles. The minimum atomic E-state index is -0.622. The Morgan fingerprint density at radius 1 is 1.67 bits per heavy atom. The van der Waals surface area contributed by atoms with Gasteiger partial charge in [0.05, 0.1) is 17.6 Å². The standard InChI is InChI=1S/C11H12N4O3/c12-6-9-10(15(17)18)3-4-11(13-9)14-5-1-2-8(14)7-16/h3-4,8,16H,1-2,5,7H2. The van der Waals surface area contributed by atoms with Crippen molar-refractivity contribution in [3.8, 4) is 6.07 Å². The lowest BCUT2D eigenvalue weighted by atomic mass is 10.2. The van der Waals surface area contributed by atoms with Crippen LogP contribution >= 0.6 is 0 Å². The predicted octanol–water partition coefficient (Wildman–Crippen LogP) is 0.823. The first-order chi connectivity index (χ1) is 8.67. The van der Waals surface area contributed by atoms with Gasteiger partial charge >= 0.3 is 5.69 Å². The first kappa shape index (κ1) is 12.3. The second-order valence-electron chi connectivity index (χ2n) is 4.08. The van der Waals surface area contributed by atoms with E-state index in [2.05, 4.69) is 4.98 Å². The zero-order valence-electron chi connectivity index (χ0n) is 9.61. The largest absolute Gasteiger partial charge is 0.394 e. The predicted molar refractivity (Wildman–Crippen MR) is 63.1 cm³/mol. The van der Waals surface area contributed by atoms with E-state index in [4.69, 9.17) is 5.26 Å². The summed E-state index contributed by atoms with van der Waals surface area (Å²) < 4.78 is 0. The quantitative estimate of drug-likeness (QED) is 0.627. The zero-order chi connectivity index (χ0) is 13.1. The highest BCUT2D eigenvalue weighted by Crippen LogP contribution is 2.26. The lowest BCUT2D eigenvalue weighted by Crippen LogP contribution is -2.32. The number of rotatable bonds is 3. The minimum Gasteiger partial charge on any atom is -0.394 e. The van der Waals surface area contributed by atoms with Gasteiger partial charge < -0.3 is 10.0 Å². The number of aromatic nitrogens is 1. The number of hydrogen-bond donors (Lipinski definition) is 1. The van der Waals surface area contributed by atoms with Crippen molar-refractivity contribution in [3.05, 3.63) is 27.9 Å². The number of hydrogen-bond acceptors (Lipinski definition) is 6. The van der Waals surface area contributed by atoms with Crippen LogP contribution in [0.4, 0.5) is 11.5 Å². The van der Waals surface area contributed by atoms with Crippen LogP contribution in [-0.4, -0.2) is 34.2 Å². The number of nitro groups is 1. The van der Waals surface area contributed by atoms with Gasteiger partial charge in [-0.05, 0) is 18.9 Å². The summed E-state index contributed by atoms with van der Waals surface area (Å²) in [5.74, 6) is 0.508. The summed E-state index contributed by atoms with van der Waals surface area (Å²) in [6.45, 7) is 0.751. The summed E-state index contributed by atoms with van der Waals surface area (Å²) in [6.07, 6.45) is 1.79. The van der Waals surface area contributed by atoms with E-state index in [1.54, 1.807) is 6.07 Å². The molecular formula is C11H12N4O3. The fourth-order valence-electron chi connectivity index (χ4n) is 2.16. The van der Waals surface area contributed by atoms with E-state index in [0.717, 1.165) is 19.4 Å². The molecule has 0 aliphatic carbocycles. The summed E-state index contributed by atoms with van der Waals surface area (Å²) >= 11 is 0. The van der Waals surface area contributed by atoms with Crippen LogP contribution in [0.3, 0.4) is 0 Å². The molecule has 0 bridgehead atoms. The molecule has 7 nitrogen and oxygen atoms in total. The van der Waals surface area contributed by atoms with Gasteiger partial charge in [0, 0.05) is 12.6 Å². The Morgan fingerprint density at radius 2 is 2.44 bits per heavy atom. The average molecular weight is 248 g/mol. The lowest BCUT2D eigenvalue weighted by Gasteiger charge is -2.23. The van der Waals surface area contributed by atoms with Gasteiger partial charge in [-0.25, -0.2) is 4.98 Å². The Balaban J connectivity index is 2.36. The van der Waals surface area contributed by atoms with Crippen LogP contribution in [0.25, 0.3) is 0 Å². The van der Waals surface area contributed by atoms with Gasteiger partial charge in [0.2, 0.25) is 5.69 Å². The SMILES string of the molecule is N#Cc1nc(N2CCCC2CO)ccc1[N+](=O)[O-]. The normalized spacial score (nSPS) is 18.7. The van der Waals surface area contributed by atoms with Crippen molar-refractivity contribution in [3.63, 3.8) is 0 Å². The number of aliphatic hydroxyl groups is 1. The van der Waals surface area contributed by atoms with E-state index < -0.39 is 4.92 Å². The molecule has 1 unspecified atom stereocenters. The van der Waals surface area contributed by atoms with Crippen LogP contribution in [0, 0.1) is 21.4 Å². The number of nitrogens with zero attached hydrogens (tertiary/aromatic N) is 4. The summed E-state index contributed by atoms with van der Waals surface area (Å²) in [5, 5.41) is 28.8. The molecule has 2 rings (SSSR count). The molecule has 1 N–H and O–H groups in total. The maximum Gasteiger partial charge on any atom is 0.305 e. The summed E-state index contributed by atoms with van der Waals surface area (Å²) in [6, 6.07) is 4.52. The van der Waals surface area contributed by atoms with Crippen LogP contribution in [0.2, 0.25) is 0 Å². The third-order valence-corrected chi connectivity index (χ3v) is 3.04. The minimum absolute atomic E-state index is 0.0144. The molecule has 1 aliphatic heterocycles. The molecule has 18 heavy (non-hydrogen) atoms. The smallest absolute Gasteiger partial charge is 0.305 e. The van der Waals surface area contributed by atoms with Crippen LogP contribution in [0.1, 0.15) is 18.5 Å². The summed E-state index contributed by atoms with van der Waals surface area (Å²) in [7, 11) is 0.